The average molecular weight is 277 g/mol. The van der Waals surface area contributed by atoms with Crippen molar-refractivity contribution >= 4 is 17.1 Å². The van der Waals surface area contributed by atoms with Crippen LogP contribution < -0.4 is 14.8 Å². The van der Waals surface area contributed by atoms with Crippen LogP contribution in [-0.2, 0) is 13.0 Å². The van der Waals surface area contributed by atoms with Crippen LogP contribution in [0.15, 0.2) is 12.1 Å². The van der Waals surface area contributed by atoms with Gasteiger partial charge in [0.1, 0.15) is 5.75 Å². The summed E-state index contributed by atoms with van der Waals surface area (Å²) in [4.78, 5) is 15.0. The lowest BCUT2D eigenvalue weighted by Gasteiger charge is -2.09. The van der Waals surface area contributed by atoms with Crippen LogP contribution in [0.1, 0.15) is 5.56 Å². The second kappa shape index (κ2) is 4.92. The molecule has 0 bridgehead atoms. The van der Waals surface area contributed by atoms with Gasteiger partial charge in [-0.3, -0.25) is 4.57 Å². The molecule has 3 rings (SSSR count). The Morgan fingerprint density at radius 2 is 2.45 bits per heavy atom. The molecule has 1 aromatic heterocycles. The standard InChI is InChI=1S/C13H15N3O4/c1-19-12-15-9-2-3-10-8(4-7-20-10)11(9)16(12)6-5-14-13(17)18/h2-3,14H,4-7H2,1H3,(H,17,18). The number of methoxy groups -OCH3 is 1. The van der Waals surface area contributed by atoms with Gasteiger partial charge in [-0.05, 0) is 12.1 Å². The highest BCUT2D eigenvalue weighted by Crippen LogP contribution is 2.34. The van der Waals surface area contributed by atoms with E-state index < -0.39 is 6.09 Å². The van der Waals surface area contributed by atoms with Crippen LogP contribution in [0.2, 0.25) is 0 Å². The van der Waals surface area contributed by atoms with Gasteiger partial charge in [0.05, 0.1) is 24.8 Å². The number of imidazole rings is 1. The molecule has 1 aliphatic rings. The van der Waals surface area contributed by atoms with E-state index in [-0.39, 0.29) is 0 Å². The van der Waals surface area contributed by atoms with Crippen molar-refractivity contribution in [1.29, 1.82) is 0 Å². The van der Waals surface area contributed by atoms with Crippen molar-refractivity contribution in [3.8, 4) is 11.8 Å². The summed E-state index contributed by atoms with van der Waals surface area (Å²) >= 11 is 0. The SMILES string of the molecule is COc1nc2ccc3c(c2n1CCNC(=O)O)CCO3. The van der Waals surface area contributed by atoms with Crippen molar-refractivity contribution < 1.29 is 19.4 Å². The Bertz CT molecular complexity index is 665. The zero-order chi connectivity index (χ0) is 14.1. The molecule has 0 radical (unpaired) electrons. The molecular weight excluding hydrogens is 262 g/mol. The molecule has 2 aromatic rings. The van der Waals surface area contributed by atoms with E-state index in [1.807, 2.05) is 16.7 Å². The van der Waals surface area contributed by atoms with E-state index in [9.17, 15) is 4.79 Å². The predicted molar refractivity (Wildman–Crippen MR) is 71.5 cm³/mol. The van der Waals surface area contributed by atoms with E-state index in [1.165, 1.54) is 0 Å². The number of hydrogen-bond donors (Lipinski definition) is 2. The zero-order valence-electron chi connectivity index (χ0n) is 11.0. The van der Waals surface area contributed by atoms with E-state index in [0.29, 0.717) is 25.7 Å². The number of fused-ring (bicyclic) bond motifs is 3. The minimum atomic E-state index is -1.04. The van der Waals surface area contributed by atoms with Gasteiger partial charge in [0, 0.05) is 25.1 Å². The maximum absolute atomic E-state index is 10.5. The number of amides is 1. The zero-order valence-corrected chi connectivity index (χ0v) is 11.0. The molecule has 0 atom stereocenters. The maximum Gasteiger partial charge on any atom is 0.404 e. The van der Waals surface area contributed by atoms with Crippen LogP contribution in [0.3, 0.4) is 0 Å². The first-order chi connectivity index (χ1) is 9.70. The van der Waals surface area contributed by atoms with Crippen LogP contribution in [0.5, 0.6) is 11.8 Å². The van der Waals surface area contributed by atoms with Gasteiger partial charge in [-0.1, -0.05) is 0 Å². The molecule has 7 heteroatoms. The van der Waals surface area contributed by atoms with Crippen LogP contribution in [0.4, 0.5) is 4.79 Å². The summed E-state index contributed by atoms with van der Waals surface area (Å²) < 4.78 is 12.7. The summed E-state index contributed by atoms with van der Waals surface area (Å²) in [7, 11) is 1.55. The first-order valence-electron chi connectivity index (χ1n) is 6.36. The summed E-state index contributed by atoms with van der Waals surface area (Å²) in [5, 5.41) is 11.0. The summed E-state index contributed by atoms with van der Waals surface area (Å²) in [5.41, 5.74) is 2.90. The number of rotatable bonds is 4. The monoisotopic (exact) mass is 277 g/mol. The van der Waals surface area contributed by atoms with E-state index in [0.717, 1.165) is 28.8 Å². The number of aromatic nitrogens is 2. The molecule has 7 nitrogen and oxygen atoms in total. The molecule has 0 fully saturated rings. The van der Waals surface area contributed by atoms with E-state index in [4.69, 9.17) is 14.6 Å². The molecule has 1 aliphatic heterocycles. The van der Waals surface area contributed by atoms with E-state index >= 15 is 0 Å². The third-order valence-electron chi connectivity index (χ3n) is 3.34. The van der Waals surface area contributed by atoms with Gasteiger partial charge in [-0.25, -0.2) is 4.79 Å². The molecule has 2 N–H and O–H groups in total. The topological polar surface area (TPSA) is 85.6 Å². The number of carbonyl (C=O) groups is 1. The minimum Gasteiger partial charge on any atom is -0.493 e. The molecule has 0 spiro atoms. The number of benzene rings is 1. The van der Waals surface area contributed by atoms with Crippen molar-refractivity contribution in [1.82, 2.24) is 14.9 Å². The first-order valence-corrected chi connectivity index (χ1v) is 6.36. The number of nitrogens with zero attached hydrogens (tertiary/aromatic N) is 2. The third-order valence-corrected chi connectivity index (χ3v) is 3.34. The van der Waals surface area contributed by atoms with Gasteiger partial charge in [-0.2, -0.15) is 4.98 Å². The molecule has 0 saturated carbocycles. The van der Waals surface area contributed by atoms with Crippen molar-refractivity contribution in [3.63, 3.8) is 0 Å². The third kappa shape index (κ3) is 2.01. The molecule has 1 amide bonds. The number of ether oxygens (including phenoxy) is 2. The van der Waals surface area contributed by atoms with E-state index in [1.54, 1.807) is 7.11 Å². The highest BCUT2D eigenvalue weighted by molar-refractivity contribution is 5.83. The van der Waals surface area contributed by atoms with Crippen LogP contribution in [0.25, 0.3) is 11.0 Å². The largest absolute Gasteiger partial charge is 0.493 e. The van der Waals surface area contributed by atoms with Gasteiger partial charge in [0.2, 0.25) is 0 Å². The van der Waals surface area contributed by atoms with Crippen LogP contribution in [0, 0.1) is 0 Å². The van der Waals surface area contributed by atoms with Crippen molar-refractivity contribution in [2.75, 3.05) is 20.3 Å². The fourth-order valence-corrected chi connectivity index (χ4v) is 2.53. The number of hydrogen-bond acceptors (Lipinski definition) is 4. The Morgan fingerprint density at radius 3 is 3.20 bits per heavy atom. The van der Waals surface area contributed by atoms with Gasteiger partial charge in [-0.15, -0.1) is 0 Å². The summed E-state index contributed by atoms with van der Waals surface area (Å²) in [6.07, 6.45) is -0.213. The predicted octanol–water partition coefficient (Wildman–Crippen LogP) is 1.25. The minimum absolute atomic E-state index is 0.293. The fraction of sp³-hybridized carbons (Fsp3) is 0.385. The molecule has 1 aromatic carbocycles. The smallest absolute Gasteiger partial charge is 0.404 e. The molecule has 106 valence electrons. The second-order valence-corrected chi connectivity index (χ2v) is 4.49. The molecule has 0 aliphatic carbocycles. The molecule has 20 heavy (non-hydrogen) atoms. The molecule has 0 unspecified atom stereocenters. The highest BCUT2D eigenvalue weighted by Gasteiger charge is 2.21. The normalized spacial score (nSPS) is 13.1. The van der Waals surface area contributed by atoms with Gasteiger partial charge >= 0.3 is 6.09 Å². The van der Waals surface area contributed by atoms with Gasteiger partial charge in [0.25, 0.3) is 6.01 Å². The summed E-state index contributed by atoms with van der Waals surface area (Å²) in [6.45, 7) is 1.42. The van der Waals surface area contributed by atoms with Crippen molar-refractivity contribution in [2.45, 2.75) is 13.0 Å². The summed E-state index contributed by atoms with van der Waals surface area (Å²) in [5.74, 6) is 0.868. The lowest BCUT2D eigenvalue weighted by atomic mass is 10.1. The van der Waals surface area contributed by atoms with Gasteiger partial charge < -0.3 is 19.9 Å². The van der Waals surface area contributed by atoms with Gasteiger partial charge in [0.15, 0.2) is 0 Å². The molecule has 2 heterocycles. The van der Waals surface area contributed by atoms with Crippen molar-refractivity contribution in [2.24, 2.45) is 0 Å². The fourth-order valence-electron chi connectivity index (χ4n) is 2.53. The van der Waals surface area contributed by atoms with Crippen LogP contribution >= 0.6 is 0 Å². The lowest BCUT2D eigenvalue weighted by Crippen LogP contribution is -2.25. The Hall–Kier alpha value is -2.44. The summed E-state index contributed by atoms with van der Waals surface area (Å²) in [6, 6.07) is 4.28. The number of nitrogens with one attached hydrogen (secondary N) is 1. The molecule has 0 saturated heterocycles. The second-order valence-electron chi connectivity index (χ2n) is 4.49. The average Bonchev–Trinajstić information content (AvgIpc) is 3.01. The lowest BCUT2D eigenvalue weighted by molar-refractivity contribution is 0.194. The van der Waals surface area contributed by atoms with E-state index in [2.05, 4.69) is 10.3 Å². The maximum atomic E-state index is 10.5. The molecular formula is C13H15N3O4. The first kappa shape index (κ1) is 12.6. The Balaban J connectivity index is 2.03. The van der Waals surface area contributed by atoms with Crippen molar-refractivity contribution in [3.05, 3.63) is 17.7 Å². The van der Waals surface area contributed by atoms with Crippen LogP contribution in [-0.4, -0.2) is 41.0 Å². The Morgan fingerprint density at radius 1 is 1.60 bits per heavy atom. The number of carboxylic acid groups (broad SMARTS) is 1. The Kier molecular flexibility index (Phi) is 3.09. The Labute approximate surface area is 115 Å². The quantitative estimate of drug-likeness (QED) is 0.878. The highest BCUT2D eigenvalue weighted by atomic mass is 16.5.